The summed E-state index contributed by atoms with van der Waals surface area (Å²) in [5.74, 6) is 0.691. The molecule has 2 aromatic carbocycles. The maximum atomic E-state index is 15.6. The van der Waals surface area contributed by atoms with Crippen molar-refractivity contribution in [3.05, 3.63) is 72.8 Å². The molecule has 28 heavy (non-hydrogen) atoms. The van der Waals surface area contributed by atoms with Gasteiger partial charge in [-0.3, -0.25) is 4.98 Å². The molecule has 0 bridgehead atoms. The highest BCUT2D eigenvalue weighted by Gasteiger charge is 2.17. The minimum atomic E-state index is -0.340. The van der Waals surface area contributed by atoms with Crippen molar-refractivity contribution in [3.8, 4) is 21.8 Å². The third kappa shape index (κ3) is 2.70. The molecule has 3 aromatic heterocycles. The summed E-state index contributed by atoms with van der Waals surface area (Å²) >= 11 is 1.57. The molecule has 0 saturated carbocycles. The molecule has 0 aliphatic rings. The molecule has 0 fully saturated rings. The average molecular weight is 386 g/mol. The van der Waals surface area contributed by atoms with E-state index >= 15 is 4.39 Å². The minimum absolute atomic E-state index is 0.299. The number of rotatable bonds is 3. The number of aromatic nitrogens is 3. The molecule has 0 aliphatic carbocycles. The van der Waals surface area contributed by atoms with E-state index in [1.54, 1.807) is 36.8 Å². The third-order valence-electron chi connectivity index (χ3n) is 4.65. The molecule has 0 spiro atoms. The Hall–Kier alpha value is -3.38. The number of anilines is 1. The van der Waals surface area contributed by atoms with Gasteiger partial charge in [-0.1, -0.05) is 18.2 Å². The first kappa shape index (κ1) is 16.8. The number of nitrogens with zero attached hydrogens (tertiary/aromatic N) is 3. The molecule has 4 nitrogen and oxygen atoms in total. The first-order valence-corrected chi connectivity index (χ1v) is 9.63. The number of nitrogens with one attached hydrogen (secondary N) is 1. The number of pyridine rings is 1. The topological polar surface area (TPSA) is 50.7 Å². The number of benzene rings is 2. The zero-order valence-electron chi connectivity index (χ0n) is 15.0. The average Bonchev–Trinajstić information content (AvgIpc) is 3.18. The van der Waals surface area contributed by atoms with Crippen molar-refractivity contribution in [2.24, 2.45) is 0 Å². The fourth-order valence-electron chi connectivity index (χ4n) is 3.28. The van der Waals surface area contributed by atoms with E-state index in [2.05, 4.69) is 20.3 Å². The van der Waals surface area contributed by atoms with Gasteiger partial charge < -0.3 is 5.32 Å². The summed E-state index contributed by atoms with van der Waals surface area (Å²) in [6.07, 6.45) is 3.36. The summed E-state index contributed by atoms with van der Waals surface area (Å²) in [4.78, 5) is 14.1. The number of thiophene rings is 1. The molecular formula is C22H15FN4S. The summed E-state index contributed by atoms with van der Waals surface area (Å²) in [5, 5.41) is 4.81. The highest BCUT2D eigenvalue weighted by molar-refractivity contribution is 7.22. The van der Waals surface area contributed by atoms with E-state index in [0.717, 1.165) is 20.5 Å². The van der Waals surface area contributed by atoms with Crippen LogP contribution in [0.15, 0.2) is 67.0 Å². The second-order valence-corrected chi connectivity index (χ2v) is 7.44. The van der Waals surface area contributed by atoms with Crippen LogP contribution in [0.3, 0.4) is 0 Å². The van der Waals surface area contributed by atoms with Crippen molar-refractivity contribution < 1.29 is 4.39 Å². The van der Waals surface area contributed by atoms with Crippen molar-refractivity contribution in [1.29, 1.82) is 0 Å². The number of fused-ring (bicyclic) bond motifs is 2. The second-order valence-electron chi connectivity index (χ2n) is 6.36. The fourth-order valence-corrected chi connectivity index (χ4v) is 4.36. The Morgan fingerprint density at radius 3 is 2.68 bits per heavy atom. The Bertz CT molecular complexity index is 1280. The van der Waals surface area contributed by atoms with Crippen LogP contribution in [0.4, 0.5) is 10.2 Å². The third-order valence-corrected chi connectivity index (χ3v) is 5.80. The molecule has 0 amide bonds. The summed E-state index contributed by atoms with van der Waals surface area (Å²) < 4.78 is 16.7. The van der Waals surface area contributed by atoms with E-state index in [0.29, 0.717) is 28.1 Å². The quantitative estimate of drug-likeness (QED) is 0.429. The molecule has 3 heterocycles. The van der Waals surface area contributed by atoms with Crippen LogP contribution in [0.2, 0.25) is 0 Å². The minimum Gasteiger partial charge on any atom is -0.373 e. The van der Waals surface area contributed by atoms with Crippen LogP contribution in [0.25, 0.3) is 42.8 Å². The van der Waals surface area contributed by atoms with Crippen LogP contribution in [0, 0.1) is 5.82 Å². The molecule has 1 N–H and O–H groups in total. The molecule has 0 unspecified atom stereocenters. The predicted molar refractivity (Wildman–Crippen MR) is 113 cm³/mol. The van der Waals surface area contributed by atoms with E-state index in [1.807, 2.05) is 48.5 Å². The SMILES string of the molecule is CNc1nc(-c2cccnc2)nc2c(F)c(-c3cc4ccccc4s3)ccc12. The standard InChI is InChI=1S/C22H15FN4S/c1-24-22-16-9-8-15(18-11-13-5-2-3-7-17(13)28-18)19(23)20(16)26-21(27-22)14-6-4-10-25-12-14/h2-12H,1H3,(H,24,26,27). The Morgan fingerprint density at radius 2 is 1.89 bits per heavy atom. The van der Waals surface area contributed by atoms with Crippen LogP contribution in [-0.4, -0.2) is 22.0 Å². The highest BCUT2D eigenvalue weighted by Crippen LogP contribution is 2.37. The van der Waals surface area contributed by atoms with Gasteiger partial charge in [-0.15, -0.1) is 11.3 Å². The summed E-state index contributed by atoms with van der Waals surface area (Å²) in [7, 11) is 1.77. The lowest BCUT2D eigenvalue weighted by atomic mass is 10.1. The van der Waals surface area contributed by atoms with Crippen LogP contribution in [0.5, 0.6) is 0 Å². The van der Waals surface area contributed by atoms with Crippen LogP contribution < -0.4 is 5.32 Å². The second kappa shape index (κ2) is 6.65. The van der Waals surface area contributed by atoms with Gasteiger partial charge in [0.15, 0.2) is 11.6 Å². The molecule has 0 atom stereocenters. The van der Waals surface area contributed by atoms with Crippen molar-refractivity contribution >= 4 is 38.1 Å². The summed E-state index contributed by atoms with van der Waals surface area (Å²) in [5.41, 5.74) is 1.59. The number of hydrogen-bond donors (Lipinski definition) is 1. The van der Waals surface area contributed by atoms with E-state index in [1.165, 1.54) is 0 Å². The Morgan fingerprint density at radius 1 is 1.00 bits per heavy atom. The Kier molecular flexibility index (Phi) is 3.98. The lowest BCUT2D eigenvalue weighted by molar-refractivity contribution is 0.640. The molecule has 6 heteroatoms. The monoisotopic (exact) mass is 386 g/mol. The van der Waals surface area contributed by atoms with Crippen molar-refractivity contribution in [2.45, 2.75) is 0 Å². The molecule has 5 rings (SSSR count). The maximum Gasteiger partial charge on any atom is 0.163 e. The summed E-state index contributed by atoms with van der Waals surface area (Å²) in [6, 6.07) is 17.4. The highest BCUT2D eigenvalue weighted by atomic mass is 32.1. The molecule has 136 valence electrons. The van der Waals surface area contributed by atoms with Gasteiger partial charge in [0.1, 0.15) is 11.3 Å². The van der Waals surface area contributed by atoms with Gasteiger partial charge in [-0.25, -0.2) is 14.4 Å². The number of halogens is 1. The Balaban J connectivity index is 1.75. The van der Waals surface area contributed by atoms with Gasteiger partial charge in [-0.05, 0) is 41.8 Å². The predicted octanol–water partition coefficient (Wildman–Crippen LogP) is 5.75. The van der Waals surface area contributed by atoms with E-state index < -0.39 is 0 Å². The van der Waals surface area contributed by atoms with E-state index in [9.17, 15) is 0 Å². The van der Waals surface area contributed by atoms with Gasteiger partial charge in [-0.2, -0.15) is 0 Å². The van der Waals surface area contributed by atoms with Crippen molar-refractivity contribution in [2.75, 3.05) is 12.4 Å². The molecule has 0 saturated heterocycles. The van der Waals surface area contributed by atoms with E-state index in [4.69, 9.17) is 0 Å². The fraction of sp³-hybridized carbons (Fsp3) is 0.0455. The zero-order chi connectivity index (χ0) is 19.1. The lowest BCUT2D eigenvalue weighted by Gasteiger charge is -2.10. The van der Waals surface area contributed by atoms with Crippen molar-refractivity contribution in [3.63, 3.8) is 0 Å². The lowest BCUT2D eigenvalue weighted by Crippen LogP contribution is -2.01. The van der Waals surface area contributed by atoms with Crippen LogP contribution in [-0.2, 0) is 0 Å². The molecule has 5 aromatic rings. The number of hydrogen-bond acceptors (Lipinski definition) is 5. The molecule has 0 aliphatic heterocycles. The first-order chi connectivity index (χ1) is 13.7. The smallest absolute Gasteiger partial charge is 0.163 e. The maximum absolute atomic E-state index is 15.6. The van der Waals surface area contributed by atoms with Gasteiger partial charge in [0.05, 0.1) is 0 Å². The molecular weight excluding hydrogens is 371 g/mol. The van der Waals surface area contributed by atoms with Gasteiger partial charge in [0.25, 0.3) is 0 Å². The van der Waals surface area contributed by atoms with Crippen molar-refractivity contribution in [1.82, 2.24) is 15.0 Å². The van der Waals surface area contributed by atoms with E-state index in [-0.39, 0.29) is 5.82 Å². The van der Waals surface area contributed by atoms with Crippen LogP contribution in [0.1, 0.15) is 0 Å². The van der Waals surface area contributed by atoms with Gasteiger partial charge >= 0.3 is 0 Å². The van der Waals surface area contributed by atoms with Gasteiger partial charge in [0.2, 0.25) is 0 Å². The normalized spacial score (nSPS) is 11.2. The zero-order valence-corrected chi connectivity index (χ0v) is 15.8. The van der Waals surface area contributed by atoms with Gasteiger partial charge in [0, 0.05) is 45.5 Å². The largest absolute Gasteiger partial charge is 0.373 e. The van der Waals surface area contributed by atoms with Crippen LogP contribution >= 0.6 is 11.3 Å². The summed E-state index contributed by atoms with van der Waals surface area (Å²) in [6.45, 7) is 0. The first-order valence-electron chi connectivity index (χ1n) is 8.82. The Labute approximate surface area is 164 Å². The molecule has 0 radical (unpaired) electrons.